The number of hydrogen-bond acceptors (Lipinski definition) is 6. The minimum atomic E-state index is -0.00446. The Morgan fingerprint density at radius 2 is 2.24 bits per heavy atom. The monoisotopic (exact) mass is 324 g/mol. The van der Waals surface area contributed by atoms with Gasteiger partial charge >= 0.3 is 0 Å². The molecule has 1 N–H and O–H groups in total. The summed E-state index contributed by atoms with van der Waals surface area (Å²) in [4.78, 5) is 23.9. The van der Waals surface area contributed by atoms with E-state index in [0.29, 0.717) is 18.1 Å². The van der Waals surface area contributed by atoms with Crippen LogP contribution in [-0.4, -0.2) is 34.4 Å². The molecule has 5 nitrogen and oxygen atoms in total. The Bertz CT molecular complexity index is 594. The summed E-state index contributed by atoms with van der Waals surface area (Å²) in [5, 5.41) is 6.39. The van der Waals surface area contributed by atoms with Gasteiger partial charge in [0.2, 0.25) is 5.91 Å². The molecule has 0 radical (unpaired) electrons. The van der Waals surface area contributed by atoms with E-state index in [9.17, 15) is 4.79 Å². The second-order valence-electron chi connectivity index (χ2n) is 4.97. The average molecular weight is 324 g/mol. The van der Waals surface area contributed by atoms with Gasteiger partial charge in [-0.1, -0.05) is 0 Å². The SMILES string of the molecule is Cc1nc([C@H](C)N(C)CCC(=O)Nc2nccs2)c(C)s1. The normalized spacial score (nSPS) is 12.6. The number of nitrogens with one attached hydrogen (secondary N) is 1. The first kappa shape index (κ1) is 16.1. The van der Waals surface area contributed by atoms with Crippen LogP contribution in [0.25, 0.3) is 0 Å². The van der Waals surface area contributed by atoms with Crippen molar-refractivity contribution in [2.45, 2.75) is 33.2 Å². The van der Waals surface area contributed by atoms with E-state index in [1.54, 1.807) is 17.5 Å². The van der Waals surface area contributed by atoms with Crippen molar-refractivity contribution >= 4 is 33.7 Å². The zero-order valence-electron chi connectivity index (χ0n) is 12.7. The summed E-state index contributed by atoms with van der Waals surface area (Å²) in [5.74, 6) is -0.00446. The smallest absolute Gasteiger partial charge is 0.227 e. The molecule has 0 aliphatic heterocycles. The molecule has 21 heavy (non-hydrogen) atoms. The molecule has 2 aromatic heterocycles. The molecule has 0 spiro atoms. The molecule has 0 fully saturated rings. The zero-order valence-corrected chi connectivity index (χ0v) is 14.3. The highest BCUT2D eigenvalue weighted by atomic mass is 32.1. The lowest BCUT2D eigenvalue weighted by Crippen LogP contribution is -2.27. The van der Waals surface area contributed by atoms with E-state index in [0.717, 1.165) is 10.7 Å². The maximum absolute atomic E-state index is 11.9. The summed E-state index contributed by atoms with van der Waals surface area (Å²) in [7, 11) is 2.02. The summed E-state index contributed by atoms with van der Waals surface area (Å²) in [6.45, 7) is 6.93. The van der Waals surface area contributed by atoms with Gasteiger partial charge in [-0.15, -0.1) is 22.7 Å². The van der Waals surface area contributed by atoms with Gasteiger partial charge in [0.05, 0.1) is 16.7 Å². The lowest BCUT2D eigenvalue weighted by atomic mass is 10.2. The molecule has 0 unspecified atom stereocenters. The van der Waals surface area contributed by atoms with Crippen molar-refractivity contribution < 1.29 is 4.79 Å². The highest BCUT2D eigenvalue weighted by molar-refractivity contribution is 7.13. The van der Waals surface area contributed by atoms with Crippen molar-refractivity contribution in [2.24, 2.45) is 0 Å². The van der Waals surface area contributed by atoms with Crippen LogP contribution >= 0.6 is 22.7 Å². The summed E-state index contributed by atoms with van der Waals surface area (Å²) < 4.78 is 0. The van der Waals surface area contributed by atoms with Gasteiger partial charge in [-0.05, 0) is 27.8 Å². The number of aromatic nitrogens is 2. The molecule has 2 rings (SSSR count). The van der Waals surface area contributed by atoms with Crippen LogP contribution in [0, 0.1) is 13.8 Å². The number of carbonyl (C=O) groups excluding carboxylic acids is 1. The van der Waals surface area contributed by atoms with Crippen LogP contribution in [0.1, 0.15) is 35.0 Å². The Kier molecular flexibility index (Phi) is 5.44. The molecule has 0 bridgehead atoms. The van der Waals surface area contributed by atoms with Crippen molar-refractivity contribution in [3.63, 3.8) is 0 Å². The molecule has 0 saturated heterocycles. The maximum atomic E-state index is 11.9. The predicted molar refractivity (Wildman–Crippen MR) is 88.0 cm³/mol. The summed E-state index contributed by atoms with van der Waals surface area (Å²) in [6.07, 6.45) is 2.13. The number of aryl methyl sites for hydroxylation is 2. The minimum absolute atomic E-state index is 0.00446. The first-order valence-corrected chi connectivity index (χ1v) is 8.50. The van der Waals surface area contributed by atoms with E-state index in [-0.39, 0.29) is 11.9 Å². The Hall–Kier alpha value is -1.31. The fourth-order valence-electron chi connectivity index (χ4n) is 2.08. The quantitative estimate of drug-likeness (QED) is 0.886. The van der Waals surface area contributed by atoms with Gasteiger partial charge in [0.25, 0.3) is 0 Å². The van der Waals surface area contributed by atoms with Crippen molar-refractivity contribution in [1.82, 2.24) is 14.9 Å². The first-order valence-electron chi connectivity index (χ1n) is 6.81. The van der Waals surface area contributed by atoms with Crippen molar-refractivity contribution in [2.75, 3.05) is 18.9 Å². The van der Waals surface area contributed by atoms with Gasteiger partial charge < -0.3 is 5.32 Å². The molecule has 2 heterocycles. The summed E-state index contributed by atoms with van der Waals surface area (Å²) in [6, 6.07) is 0.211. The number of amides is 1. The maximum Gasteiger partial charge on any atom is 0.227 e. The van der Waals surface area contributed by atoms with Crippen LogP contribution in [0.4, 0.5) is 5.13 Å². The number of hydrogen-bond donors (Lipinski definition) is 1. The van der Waals surface area contributed by atoms with Crippen molar-refractivity contribution in [3.05, 3.63) is 27.2 Å². The van der Waals surface area contributed by atoms with Crippen LogP contribution in [-0.2, 0) is 4.79 Å². The number of anilines is 1. The second kappa shape index (κ2) is 7.11. The lowest BCUT2D eigenvalue weighted by Gasteiger charge is -2.23. The van der Waals surface area contributed by atoms with Crippen LogP contribution in [0.3, 0.4) is 0 Å². The van der Waals surface area contributed by atoms with Gasteiger partial charge in [0, 0.05) is 29.4 Å². The molecule has 0 aliphatic rings. The van der Waals surface area contributed by atoms with E-state index < -0.39 is 0 Å². The molecule has 0 saturated carbocycles. The molecular formula is C14H20N4OS2. The molecule has 7 heteroatoms. The zero-order chi connectivity index (χ0) is 15.4. The Morgan fingerprint density at radius 3 is 2.81 bits per heavy atom. The third-order valence-electron chi connectivity index (χ3n) is 3.37. The van der Waals surface area contributed by atoms with Gasteiger partial charge in [-0.25, -0.2) is 9.97 Å². The third kappa shape index (κ3) is 4.33. The standard InChI is InChI=1S/C14H20N4OS2/c1-9(13-10(2)21-11(3)16-13)18(4)7-5-12(19)17-14-15-6-8-20-14/h6,8-9H,5,7H2,1-4H3,(H,15,17,19)/t9-/m0/s1. The van der Waals surface area contributed by atoms with Gasteiger partial charge in [0.1, 0.15) is 0 Å². The Balaban J connectivity index is 1.85. The van der Waals surface area contributed by atoms with Crippen LogP contribution in [0.15, 0.2) is 11.6 Å². The fourth-order valence-corrected chi connectivity index (χ4v) is 3.53. The highest BCUT2D eigenvalue weighted by Crippen LogP contribution is 2.26. The van der Waals surface area contributed by atoms with E-state index in [4.69, 9.17) is 0 Å². The molecule has 2 aromatic rings. The largest absolute Gasteiger partial charge is 0.302 e. The number of nitrogens with zero attached hydrogens (tertiary/aromatic N) is 3. The highest BCUT2D eigenvalue weighted by Gasteiger charge is 2.18. The third-order valence-corrected chi connectivity index (χ3v) is 4.96. The number of carbonyl (C=O) groups is 1. The Morgan fingerprint density at radius 1 is 1.48 bits per heavy atom. The van der Waals surface area contributed by atoms with Crippen molar-refractivity contribution in [1.29, 1.82) is 0 Å². The predicted octanol–water partition coefficient (Wildman–Crippen LogP) is 3.24. The molecule has 1 atom stereocenters. The minimum Gasteiger partial charge on any atom is -0.302 e. The van der Waals surface area contributed by atoms with Crippen LogP contribution in [0.2, 0.25) is 0 Å². The van der Waals surface area contributed by atoms with E-state index >= 15 is 0 Å². The second-order valence-corrected chi connectivity index (χ2v) is 7.27. The van der Waals surface area contributed by atoms with Crippen molar-refractivity contribution in [3.8, 4) is 0 Å². The Labute approximate surface area is 133 Å². The summed E-state index contributed by atoms with van der Waals surface area (Å²) in [5.41, 5.74) is 1.11. The molecule has 0 aromatic carbocycles. The average Bonchev–Trinajstić information content (AvgIpc) is 3.04. The van der Waals surface area contributed by atoms with E-state index in [1.807, 2.05) is 19.4 Å². The van der Waals surface area contributed by atoms with Gasteiger partial charge in [-0.3, -0.25) is 9.69 Å². The number of rotatable bonds is 6. The topological polar surface area (TPSA) is 58.1 Å². The molecule has 114 valence electrons. The first-order chi connectivity index (χ1) is 9.97. The lowest BCUT2D eigenvalue weighted by molar-refractivity contribution is -0.116. The molecular weight excluding hydrogens is 304 g/mol. The van der Waals surface area contributed by atoms with Gasteiger partial charge in [-0.2, -0.15) is 0 Å². The number of thiazole rings is 2. The molecule has 0 aliphatic carbocycles. The van der Waals surface area contributed by atoms with Crippen LogP contribution < -0.4 is 5.32 Å². The van der Waals surface area contributed by atoms with Gasteiger partial charge in [0.15, 0.2) is 5.13 Å². The summed E-state index contributed by atoms with van der Waals surface area (Å²) >= 11 is 3.15. The fraction of sp³-hybridized carbons (Fsp3) is 0.500. The van der Waals surface area contributed by atoms with E-state index in [2.05, 4.69) is 34.0 Å². The molecule has 1 amide bonds. The van der Waals surface area contributed by atoms with E-state index in [1.165, 1.54) is 16.2 Å². The van der Waals surface area contributed by atoms with Crippen LogP contribution in [0.5, 0.6) is 0 Å².